The van der Waals surface area contributed by atoms with Gasteiger partial charge in [-0.3, -0.25) is 4.98 Å². The van der Waals surface area contributed by atoms with E-state index in [1.54, 1.807) is 6.07 Å². The molecule has 1 aliphatic heterocycles. The fraction of sp³-hybridized carbons (Fsp3) is 0.370. The Hall–Kier alpha value is -3.33. The second kappa shape index (κ2) is 10.1. The third-order valence-corrected chi connectivity index (χ3v) is 6.69. The van der Waals surface area contributed by atoms with Gasteiger partial charge in [0.25, 0.3) is 0 Å². The Bertz CT molecular complexity index is 1310. The van der Waals surface area contributed by atoms with Crippen LogP contribution in [0.15, 0.2) is 54.7 Å². The highest BCUT2D eigenvalue weighted by Crippen LogP contribution is 2.35. The van der Waals surface area contributed by atoms with Gasteiger partial charge in [0.1, 0.15) is 0 Å². The van der Waals surface area contributed by atoms with Crippen LogP contribution >= 0.6 is 0 Å². The van der Waals surface area contributed by atoms with Crippen molar-refractivity contribution in [2.75, 3.05) is 18.0 Å². The standard InChI is InChI=1S/C27H32N6O2/c1-2-5-22(28)24-8-4-7-23(31-24)18-14-25(32-12-10-20(35)11-13-32)21-16-29-33(26(21)15-18)27-9-3-6-19(17-34)30-27/h3-4,6-9,14-16,20,22,34-35H,2,5,10-13,17,28H2,1H3. The number of fused-ring (bicyclic) bond motifs is 1. The number of nitrogens with two attached hydrogens (primary N) is 1. The Balaban J connectivity index is 1.66. The van der Waals surface area contributed by atoms with Gasteiger partial charge in [0, 0.05) is 35.8 Å². The third-order valence-electron chi connectivity index (χ3n) is 6.69. The van der Waals surface area contributed by atoms with E-state index >= 15 is 0 Å². The summed E-state index contributed by atoms with van der Waals surface area (Å²) >= 11 is 0. The lowest BCUT2D eigenvalue weighted by Gasteiger charge is -2.32. The smallest absolute Gasteiger partial charge is 0.154 e. The van der Waals surface area contributed by atoms with Gasteiger partial charge in [-0.15, -0.1) is 0 Å². The highest BCUT2D eigenvalue weighted by Gasteiger charge is 2.22. The lowest BCUT2D eigenvalue weighted by Crippen LogP contribution is -2.35. The average Bonchev–Trinajstić information content (AvgIpc) is 3.33. The quantitative estimate of drug-likeness (QED) is 0.375. The minimum atomic E-state index is -0.253. The molecule has 5 rings (SSSR count). The summed E-state index contributed by atoms with van der Waals surface area (Å²) in [5, 5.41) is 25.3. The third kappa shape index (κ3) is 4.77. The molecular weight excluding hydrogens is 440 g/mol. The molecule has 4 heterocycles. The molecule has 0 saturated carbocycles. The fourth-order valence-corrected chi connectivity index (χ4v) is 4.76. The van der Waals surface area contributed by atoms with Gasteiger partial charge in [-0.05, 0) is 55.7 Å². The summed E-state index contributed by atoms with van der Waals surface area (Å²) in [6.45, 7) is 3.55. The summed E-state index contributed by atoms with van der Waals surface area (Å²) < 4.78 is 1.81. The maximum atomic E-state index is 10.1. The van der Waals surface area contributed by atoms with Gasteiger partial charge < -0.3 is 20.8 Å². The summed E-state index contributed by atoms with van der Waals surface area (Å²) in [4.78, 5) is 11.8. The molecule has 1 saturated heterocycles. The highest BCUT2D eigenvalue weighted by atomic mass is 16.3. The van der Waals surface area contributed by atoms with Gasteiger partial charge in [-0.2, -0.15) is 5.10 Å². The van der Waals surface area contributed by atoms with Gasteiger partial charge in [-0.1, -0.05) is 25.5 Å². The molecule has 1 unspecified atom stereocenters. The molecule has 0 radical (unpaired) electrons. The van der Waals surface area contributed by atoms with Gasteiger partial charge in [-0.25, -0.2) is 9.67 Å². The van der Waals surface area contributed by atoms with Crippen molar-refractivity contribution in [3.63, 3.8) is 0 Å². The molecule has 182 valence electrons. The van der Waals surface area contributed by atoms with Crippen LogP contribution in [0.3, 0.4) is 0 Å². The molecule has 3 aromatic heterocycles. The molecule has 1 aliphatic rings. The molecule has 0 amide bonds. The number of pyridine rings is 2. The molecule has 1 aromatic carbocycles. The minimum Gasteiger partial charge on any atom is -0.393 e. The zero-order valence-electron chi connectivity index (χ0n) is 20.0. The lowest BCUT2D eigenvalue weighted by atomic mass is 10.0. The fourth-order valence-electron chi connectivity index (χ4n) is 4.76. The second-order valence-electron chi connectivity index (χ2n) is 9.19. The number of hydrogen-bond acceptors (Lipinski definition) is 7. The van der Waals surface area contributed by atoms with E-state index in [0.717, 1.165) is 72.3 Å². The van der Waals surface area contributed by atoms with Crippen molar-refractivity contribution in [1.29, 1.82) is 0 Å². The first-order valence-corrected chi connectivity index (χ1v) is 12.3. The van der Waals surface area contributed by atoms with Crippen molar-refractivity contribution < 1.29 is 10.2 Å². The van der Waals surface area contributed by atoms with Gasteiger partial charge in [0.15, 0.2) is 5.82 Å². The molecule has 35 heavy (non-hydrogen) atoms. The zero-order chi connectivity index (χ0) is 24.4. The summed E-state index contributed by atoms with van der Waals surface area (Å²) in [6.07, 6.45) is 4.98. The van der Waals surface area contributed by atoms with Crippen LogP contribution in [0, 0.1) is 0 Å². The summed E-state index contributed by atoms with van der Waals surface area (Å²) in [5.74, 6) is 0.649. The van der Waals surface area contributed by atoms with Crippen molar-refractivity contribution in [1.82, 2.24) is 19.7 Å². The Kier molecular flexibility index (Phi) is 6.77. The van der Waals surface area contributed by atoms with E-state index in [1.807, 2.05) is 41.2 Å². The number of piperidine rings is 1. The number of aliphatic hydroxyl groups excluding tert-OH is 2. The SMILES string of the molecule is CCCC(N)c1cccc(-c2cc(N3CCC(O)CC3)c3cnn(-c4cccc(CO)n4)c3c2)n1. The topological polar surface area (TPSA) is 113 Å². The van der Waals surface area contributed by atoms with E-state index in [9.17, 15) is 10.2 Å². The van der Waals surface area contributed by atoms with Gasteiger partial charge in [0.05, 0.1) is 41.5 Å². The van der Waals surface area contributed by atoms with Crippen molar-refractivity contribution in [3.8, 4) is 17.1 Å². The maximum absolute atomic E-state index is 10.1. The zero-order valence-corrected chi connectivity index (χ0v) is 20.0. The van der Waals surface area contributed by atoms with Crippen LogP contribution in [0.4, 0.5) is 5.69 Å². The van der Waals surface area contributed by atoms with Gasteiger partial charge >= 0.3 is 0 Å². The first-order chi connectivity index (χ1) is 17.1. The Morgan fingerprint density at radius 1 is 1.09 bits per heavy atom. The van der Waals surface area contributed by atoms with E-state index in [2.05, 4.69) is 34.0 Å². The number of aliphatic hydroxyl groups is 2. The number of aromatic nitrogens is 4. The first-order valence-electron chi connectivity index (χ1n) is 12.3. The summed E-state index contributed by atoms with van der Waals surface area (Å²) in [7, 11) is 0. The number of benzene rings is 1. The molecule has 1 fully saturated rings. The Morgan fingerprint density at radius 3 is 2.66 bits per heavy atom. The second-order valence-corrected chi connectivity index (χ2v) is 9.19. The summed E-state index contributed by atoms with van der Waals surface area (Å²) in [6, 6.07) is 15.7. The van der Waals surface area contributed by atoms with Crippen molar-refractivity contribution in [2.24, 2.45) is 5.73 Å². The normalized spacial score (nSPS) is 15.6. The number of rotatable bonds is 7. The van der Waals surface area contributed by atoms with Crippen LogP contribution in [0.2, 0.25) is 0 Å². The van der Waals surface area contributed by atoms with Crippen LogP contribution in [0.25, 0.3) is 28.0 Å². The van der Waals surface area contributed by atoms with Crippen molar-refractivity contribution in [3.05, 3.63) is 66.1 Å². The van der Waals surface area contributed by atoms with Crippen molar-refractivity contribution >= 4 is 16.6 Å². The number of nitrogens with zero attached hydrogens (tertiary/aromatic N) is 5. The lowest BCUT2D eigenvalue weighted by molar-refractivity contribution is 0.145. The van der Waals surface area contributed by atoms with E-state index < -0.39 is 0 Å². The first kappa shape index (κ1) is 23.4. The van der Waals surface area contributed by atoms with Crippen LogP contribution < -0.4 is 10.6 Å². The largest absolute Gasteiger partial charge is 0.393 e. The number of anilines is 1. The summed E-state index contributed by atoms with van der Waals surface area (Å²) in [5.41, 5.74) is 11.7. The number of hydrogen-bond donors (Lipinski definition) is 3. The van der Waals surface area contributed by atoms with Gasteiger partial charge in [0.2, 0.25) is 0 Å². The molecule has 8 heteroatoms. The Labute approximate surface area is 205 Å². The molecule has 8 nitrogen and oxygen atoms in total. The molecule has 4 N–H and O–H groups in total. The van der Waals surface area contributed by atoms with Crippen LogP contribution in [-0.2, 0) is 6.61 Å². The van der Waals surface area contributed by atoms with Crippen LogP contribution in [-0.4, -0.2) is 49.2 Å². The Morgan fingerprint density at radius 2 is 1.89 bits per heavy atom. The highest BCUT2D eigenvalue weighted by molar-refractivity contribution is 5.96. The predicted molar refractivity (Wildman–Crippen MR) is 137 cm³/mol. The monoisotopic (exact) mass is 472 g/mol. The van der Waals surface area contributed by atoms with Crippen LogP contribution in [0.1, 0.15) is 50.0 Å². The van der Waals surface area contributed by atoms with E-state index in [0.29, 0.717) is 11.5 Å². The van der Waals surface area contributed by atoms with E-state index in [1.165, 1.54) is 0 Å². The van der Waals surface area contributed by atoms with Crippen molar-refractivity contribution in [2.45, 2.75) is 51.4 Å². The molecule has 0 aliphatic carbocycles. The predicted octanol–water partition coefficient (Wildman–Crippen LogP) is 3.74. The molecule has 1 atom stereocenters. The maximum Gasteiger partial charge on any atom is 0.154 e. The molecular formula is C27H32N6O2. The van der Waals surface area contributed by atoms with Crippen LogP contribution in [0.5, 0.6) is 0 Å². The van der Waals surface area contributed by atoms with E-state index in [4.69, 9.17) is 10.7 Å². The average molecular weight is 473 g/mol. The van der Waals surface area contributed by atoms with E-state index in [-0.39, 0.29) is 18.8 Å². The molecule has 0 bridgehead atoms. The minimum absolute atomic E-state index is 0.0947. The molecule has 4 aromatic rings. The molecule has 0 spiro atoms.